The molecule has 43 heavy (non-hydrogen) atoms. The van der Waals surface area contributed by atoms with Gasteiger partial charge in [-0.05, 0) is 53.5 Å². The number of nitrogens with one attached hydrogen (secondary N) is 1. The van der Waals surface area contributed by atoms with Crippen LogP contribution in [0.3, 0.4) is 0 Å². The summed E-state index contributed by atoms with van der Waals surface area (Å²) in [4.78, 5) is 45.4. The lowest BCUT2D eigenvalue weighted by molar-refractivity contribution is -0.133. The summed E-state index contributed by atoms with van der Waals surface area (Å²) >= 11 is 0. The summed E-state index contributed by atoms with van der Waals surface area (Å²) in [7, 11) is 0. The first-order chi connectivity index (χ1) is 20.5. The van der Waals surface area contributed by atoms with Gasteiger partial charge in [0.05, 0.1) is 30.7 Å². The lowest BCUT2D eigenvalue weighted by atomic mass is 10.0. The maximum absolute atomic E-state index is 13.1. The molecule has 0 aliphatic carbocycles. The van der Waals surface area contributed by atoms with Crippen molar-refractivity contribution in [3.05, 3.63) is 41.0 Å². The van der Waals surface area contributed by atoms with Crippen LogP contribution in [-0.4, -0.2) is 79.5 Å². The quantitative estimate of drug-likeness (QED) is 0.482. The van der Waals surface area contributed by atoms with E-state index in [1.54, 1.807) is 15.8 Å². The summed E-state index contributed by atoms with van der Waals surface area (Å²) in [5, 5.41) is 7.87. The van der Waals surface area contributed by atoms with E-state index >= 15 is 0 Å². The van der Waals surface area contributed by atoms with E-state index < -0.39 is 11.7 Å². The SMILES string of the molecule is Cc1c(N2CCc3cnc(Nc4cc5n(n4)CC(=O)N(C(C)C)CC5)nc3C2)cnc2c1N(C(=O)OC(C)(C)C)CCO2. The molecule has 3 aliphatic rings. The molecule has 0 radical (unpaired) electrons. The van der Waals surface area contributed by atoms with Crippen LogP contribution < -0.4 is 19.9 Å². The molecule has 0 unspecified atom stereocenters. The van der Waals surface area contributed by atoms with E-state index in [-0.39, 0.29) is 18.5 Å². The molecule has 2 amide bonds. The molecular weight excluding hydrogens is 550 g/mol. The summed E-state index contributed by atoms with van der Waals surface area (Å²) in [5.74, 6) is 1.57. The first-order valence-electron chi connectivity index (χ1n) is 14.8. The molecule has 13 heteroatoms. The van der Waals surface area contributed by atoms with Crippen LogP contribution in [0, 0.1) is 6.92 Å². The molecule has 3 aliphatic heterocycles. The Hall–Kier alpha value is -4.42. The highest BCUT2D eigenvalue weighted by Gasteiger charge is 2.33. The van der Waals surface area contributed by atoms with Crippen LogP contribution in [-0.2, 0) is 35.5 Å². The molecule has 0 bridgehead atoms. The van der Waals surface area contributed by atoms with Gasteiger partial charge in [0.15, 0.2) is 5.82 Å². The molecule has 6 rings (SSSR count). The number of carbonyl (C=O) groups is 2. The third-order valence-corrected chi connectivity index (χ3v) is 7.91. The predicted molar refractivity (Wildman–Crippen MR) is 161 cm³/mol. The Morgan fingerprint density at radius 2 is 1.91 bits per heavy atom. The van der Waals surface area contributed by atoms with Crippen LogP contribution >= 0.6 is 0 Å². The first-order valence-corrected chi connectivity index (χ1v) is 14.8. The molecule has 0 saturated carbocycles. The van der Waals surface area contributed by atoms with E-state index in [2.05, 4.69) is 25.3 Å². The van der Waals surface area contributed by atoms with Crippen molar-refractivity contribution in [2.45, 2.75) is 79.1 Å². The van der Waals surface area contributed by atoms with Gasteiger partial charge in [-0.1, -0.05) is 0 Å². The van der Waals surface area contributed by atoms with Gasteiger partial charge in [0.2, 0.25) is 17.7 Å². The number of amides is 2. The molecule has 0 spiro atoms. The predicted octanol–water partition coefficient (Wildman–Crippen LogP) is 3.61. The van der Waals surface area contributed by atoms with Crippen molar-refractivity contribution < 1.29 is 19.1 Å². The standard InChI is InChI=1S/C30H39N9O4/c1-18(2)37-10-8-21-13-24(35-39(21)17-25(37)40)34-28-32-14-20-7-9-36(16-22(20)33-28)23-15-31-27-26(19(23)3)38(11-12-42-27)29(41)43-30(4,5)6/h13-15,18H,7-12,16-17H2,1-6H3,(H,32,33,34,35). The van der Waals surface area contributed by atoms with Gasteiger partial charge in [-0.15, -0.1) is 0 Å². The smallest absolute Gasteiger partial charge is 0.415 e. The maximum atomic E-state index is 13.1. The summed E-state index contributed by atoms with van der Waals surface area (Å²) in [5.41, 5.74) is 4.84. The van der Waals surface area contributed by atoms with E-state index in [0.29, 0.717) is 49.6 Å². The van der Waals surface area contributed by atoms with E-state index in [9.17, 15) is 9.59 Å². The Balaban J connectivity index is 1.20. The first kappa shape index (κ1) is 28.7. The average Bonchev–Trinajstić information content (AvgIpc) is 3.24. The van der Waals surface area contributed by atoms with Gasteiger partial charge in [0.25, 0.3) is 0 Å². The molecule has 3 aromatic rings. The van der Waals surface area contributed by atoms with Crippen molar-refractivity contribution in [1.82, 2.24) is 29.6 Å². The van der Waals surface area contributed by atoms with Crippen LogP contribution in [0.1, 0.15) is 57.1 Å². The molecule has 0 saturated heterocycles. The minimum atomic E-state index is -0.613. The summed E-state index contributed by atoms with van der Waals surface area (Å²) in [6.07, 6.45) is 4.76. The second-order valence-corrected chi connectivity index (χ2v) is 12.5. The van der Waals surface area contributed by atoms with Gasteiger partial charge >= 0.3 is 6.09 Å². The fraction of sp³-hybridized carbons (Fsp3) is 0.533. The van der Waals surface area contributed by atoms with Crippen molar-refractivity contribution in [3.8, 4) is 5.88 Å². The van der Waals surface area contributed by atoms with Crippen molar-refractivity contribution >= 4 is 35.1 Å². The lowest BCUT2D eigenvalue weighted by Gasteiger charge is -2.35. The van der Waals surface area contributed by atoms with Crippen LogP contribution in [0.4, 0.5) is 27.9 Å². The van der Waals surface area contributed by atoms with E-state index in [4.69, 9.17) is 14.5 Å². The Morgan fingerprint density at radius 3 is 2.67 bits per heavy atom. The Labute approximate surface area is 251 Å². The highest BCUT2D eigenvalue weighted by molar-refractivity contribution is 5.92. The third kappa shape index (κ3) is 5.80. The van der Waals surface area contributed by atoms with E-state index in [1.165, 1.54) is 0 Å². The number of nitrogens with zero attached hydrogens (tertiary/aromatic N) is 8. The summed E-state index contributed by atoms with van der Waals surface area (Å²) in [6.45, 7) is 14.6. The zero-order valence-corrected chi connectivity index (χ0v) is 25.7. The Bertz CT molecular complexity index is 1560. The minimum absolute atomic E-state index is 0.0706. The number of hydrogen-bond donors (Lipinski definition) is 1. The van der Waals surface area contributed by atoms with Crippen molar-refractivity contribution in [3.63, 3.8) is 0 Å². The lowest BCUT2D eigenvalue weighted by Crippen LogP contribution is -2.42. The van der Waals surface area contributed by atoms with Crippen molar-refractivity contribution in [2.75, 3.05) is 41.4 Å². The topological polar surface area (TPSA) is 131 Å². The Kier molecular flexibility index (Phi) is 7.35. The molecule has 6 heterocycles. The molecule has 228 valence electrons. The fourth-order valence-electron chi connectivity index (χ4n) is 5.81. The summed E-state index contributed by atoms with van der Waals surface area (Å²) in [6, 6.07) is 2.13. The van der Waals surface area contributed by atoms with Crippen molar-refractivity contribution in [2.24, 2.45) is 0 Å². The van der Waals surface area contributed by atoms with Gasteiger partial charge in [-0.25, -0.2) is 19.7 Å². The van der Waals surface area contributed by atoms with Crippen LogP contribution in [0.15, 0.2) is 18.5 Å². The second kappa shape index (κ2) is 11.0. The number of aromatic nitrogens is 5. The third-order valence-electron chi connectivity index (χ3n) is 7.91. The highest BCUT2D eigenvalue weighted by atomic mass is 16.6. The summed E-state index contributed by atoms with van der Waals surface area (Å²) < 4.78 is 13.3. The molecule has 13 nitrogen and oxygen atoms in total. The normalized spacial score (nSPS) is 16.7. The largest absolute Gasteiger partial charge is 0.474 e. The second-order valence-electron chi connectivity index (χ2n) is 12.5. The molecule has 0 atom stereocenters. The van der Waals surface area contributed by atoms with Gasteiger partial charge in [0.1, 0.15) is 24.4 Å². The van der Waals surface area contributed by atoms with Gasteiger partial charge in [-0.2, -0.15) is 5.10 Å². The number of hydrogen-bond acceptors (Lipinski definition) is 10. The highest BCUT2D eigenvalue weighted by Crippen LogP contribution is 2.39. The molecular formula is C30H39N9O4. The molecule has 0 aromatic carbocycles. The minimum Gasteiger partial charge on any atom is -0.474 e. The average molecular weight is 590 g/mol. The molecule has 3 aromatic heterocycles. The maximum Gasteiger partial charge on any atom is 0.415 e. The number of anilines is 4. The number of fused-ring (bicyclic) bond motifs is 3. The van der Waals surface area contributed by atoms with Gasteiger partial charge in [0, 0.05) is 49.1 Å². The number of ether oxygens (including phenoxy) is 2. The van der Waals surface area contributed by atoms with Crippen LogP contribution in [0.5, 0.6) is 5.88 Å². The zero-order valence-electron chi connectivity index (χ0n) is 25.7. The van der Waals surface area contributed by atoms with Gasteiger partial charge < -0.3 is 24.6 Å². The monoisotopic (exact) mass is 589 g/mol. The van der Waals surface area contributed by atoms with Crippen LogP contribution in [0.25, 0.3) is 0 Å². The molecule has 1 N–H and O–H groups in total. The zero-order chi connectivity index (χ0) is 30.5. The Morgan fingerprint density at radius 1 is 1.09 bits per heavy atom. The number of rotatable bonds is 4. The van der Waals surface area contributed by atoms with Gasteiger partial charge in [-0.3, -0.25) is 14.4 Å². The van der Waals surface area contributed by atoms with E-state index in [1.807, 2.05) is 58.7 Å². The van der Waals surface area contributed by atoms with Crippen molar-refractivity contribution in [1.29, 1.82) is 0 Å². The molecule has 0 fully saturated rings. The number of pyridine rings is 1. The fourth-order valence-corrected chi connectivity index (χ4v) is 5.81. The van der Waals surface area contributed by atoms with E-state index in [0.717, 1.165) is 47.6 Å². The van der Waals surface area contributed by atoms with Crippen LogP contribution in [0.2, 0.25) is 0 Å². The number of carbonyl (C=O) groups excluding carboxylic acids is 2.